The Balaban J connectivity index is 1.94. The summed E-state index contributed by atoms with van der Waals surface area (Å²) in [6.45, 7) is 5.29. The lowest BCUT2D eigenvalue weighted by Crippen LogP contribution is -2.50. The van der Waals surface area contributed by atoms with E-state index in [0.29, 0.717) is 29.7 Å². The van der Waals surface area contributed by atoms with E-state index in [1.54, 1.807) is 27.5 Å². The lowest BCUT2D eigenvalue weighted by molar-refractivity contribution is 0.225. The molecule has 1 aromatic heterocycles. The number of aromatic nitrogens is 1. The average molecular weight is 396 g/mol. The lowest BCUT2D eigenvalue weighted by atomic mass is 10.0. The summed E-state index contributed by atoms with van der Waals surface area (Å²) in [6, 6.07) is 6.32. The molecule has 1 aliphatic heterocycles. The molecule has 1 saturated heterocycles. The fourth-order valence-electron chi connectivity index (χ4n) is 3.70. The van der Waals surface area contributed by atoms with Crippen LogP contribution in [0.5, 0.6) is 11.5 Å². The minimum absolute atomic E-state index is 0.322. The van der Waals surface area contributed by atoms with E-state index in [1.807, 2.05) is 12.1 Å². The number of nitriles is 1. The summed E-state index contributed by atoms with van der Waals surface area (Å²) >= 11 is 0. The van der Waals surface area contributed by atoms with E-state index in [-0.39, 0.29) is 0 Å². The normalized spacial score (nSPS) is 17.3. The van der Waals surface area contributed by atoms with E-state index >= 15 is 0 Å². The number of fused-ring (bicyclic) bond motifs is 1. The van der Waals surface area contributed by atoms with Crippen LogP contribution in [0.25, 0.3) is 10.8 Å². The van der Waals surface area contributed by atoms with Gasteiger partial charge in [-0.05, 0) is 25.5 Å². The van der Waals surface area contributed by atoms with Gasteiger partial charge in [-0.3, -0.25) is 0 Å². The first-order valence-corrected chi connectivity index (χ1v) is 9.69. The molecule has 0 aliphatic carbocycles. The van der Waals surface area contributed by atoms with Crippen molar-refractivity contribution in [3.8, 4) is 17.6 Å². The third-order valence-corrected chi connectivity index (χ3v) is 5.17. The van der Waals surface area contributed by atoms with Crippen molar-refractivity contribution in [1.29, 1.82) is 5.26 Å². The first kappa shape index (κ1) is 20.9. The number of nitrogens with zero attached hydrogens (tertiary/aromatic N) is 3. The molecule has 2 aromatic rings. The van der Waals surface area contributed by atoms with Crippen molar-refractivity contribution >= 4 is 16.6 Å². The summed E-state index contributed by atoms with van der Waals surface area (Å²) in [4.78, 5) is 6.91. The van der Waals surface area contributed by atoms with E-state index in [0.717, 1.165) is 42.6 Å². The number of hydrogen-bond donors (Lipinski definition) is 1. The molecular weight excluding hydrogens is 368 g/mol. The second-order valence-electron chi connectivity index (χ2n) is 7.18. The molecule has 0 bridgehead atoms. The molecule has 7 nitrogen and oxygen atoms in total. The number of anilines is 1. The van der Waals surface area contributed by atoms with Gasteiger partial charge in [0.25, 0.3) is 0 Å². The number of benzene rings is 1. The standard InChI is InChI=1S/C22H28N4O3/c1-15(14-27-2)5-6-17-13-26(8-7-24-17)22-19-10-21(29-4)20(28-3)9-18(19)16(11-23)12-25-22/h5,9-10,12,17,24H,6-8,13-14H2,1-4H3/b15-5+/t17-/m1/s1. The molecule has 0 saturated carbocycles. The second kappa shape index (κ2) is 9.59. The zero-order valence-electron chi connectivity index (χ0n) is 17.5. The van der Waals surface area contributed by atoms with Crippen LogP contribution in [-0.4, -0.2) is 58.6 Å². The Bertz CT molecular complexity index is 936. The Morgan fingerprint density at radius 1 is 1.28 bits per heavy atom. The van der Waals surface area contributed by atoms with Crippen LogP contribution in [0.3, 0.4) is 0 Å². The van der Waals surface area contributed by atoms with Gasteiger partial charge in [-0.1, -0.05) is 11.6 Å². The van der Waals surface area contributed by atoms with Gasteiger partial charge >= 0.3 is 0 Å². The van der Waals surface area contributed by atoms with Gasteiger partial charge in [-0.2, -0.15) is 5.26 Å². The van der Waals surface area contributed by atoms with Crippen molar-refractivity contribution in [2.45, 2.75) is 19.4 Å². The maximum Gasteiger partial charge on any atom is 0.161 e. The summed E-state index contributed by atoms with van der Waals surface area (Å²) in [5.74, 6) is 2.09. The number of methoxy groups -OCH3 is 3. The average Bonchev–Trinajstić information content (AvgIpc) is 2.76. The largest absolute Gasteiger partial charge is 0.493 e. The van der Waals surface area contributed by atoms with Crippen molar-refractivity contribution in [3.05, 3.63) is 35.5 Å². The lowest BCUT2D eigenvalue weighted by Gasteiger charge is -2.35. The zero-order chi connectivity index (χ0) is 20.8. The van der Waals surface area contributed by atoms with Crippen LogP contribution in [-0.2, 0) is 4.74 Å². The first-order valence-electron chi connectivity index (χ1n) is 9.69. The van der Waals surface area contributed by atoms with Gasteiger partial charge in [0.15, 0.2) is 11.5 Å². The van der Waals surface area contributed by atoms with Crippen molar-refractivity contribution < 1.29 is 14.2 Å². The topological polar surface area (TPSA) is 79.6 Å². The Kier molecular flexibility index (Phi) is 6.91. The molecular formula is C22H28N4O3. The number of hydrogen-bond acceptors (Lipinski definition) is 7. The van der Waals surface area contributed by atoms with Gasteiger partial charge in [0.2, 0.25) is 0 Å². The van der Waals surface area contributed by atoms with E-state index in [2.05, 4.69) is 34.3 Å². The zero-order valence-corrected chi connectivity index (χ0v) is 17.5. The van der Waals surface area contributed by atoms with Gasteiger partial charge in [0, 0.05) is 49.8 Å². The summed E-state index contributed by atoms with van der Waals surface area (Å²) in [5.41, 5.74) is 1.75. The molecule has 0 radical (unpaired) electrons. The summed E-state index contributed by atoms with van der Waals surface area (Å²) < 4.78 is 16.1. The Hall–Kier alpha value is -2.82. The fourth-order valence-corrected chi connectivity index (χ4v) is 3.70. The van der Waals surface area contributed by atoms with E-state index in [1.165, 1.54) is 5.57 Å². The van der Waals surface area contributed by atoms with Crippen LogP contribution < -0.4 is 19.7 Å². The number of ether oxygens (including phenoxy) is 3. The second-order valence-corrected chi connectivity index (χ2v) is 7.18. The molecule has 7 heteroatoms. The minimum atomic E-state index is 0.322. The highest BCUT2D eigenvalue weighted by molar-refractivity contribution is 5.98. The molecule has 0 spiro atoms. The van der Waals surface area contributed by atoms with Crippen LogP contribution in [0.2, 0.25) is 0 Å². The first-order chi connectivity index (χ1) is 14.1. The Labute approximate surface area is 171 Å². The van der Waals surface area contributed by atoms with Gasteiger partial charge < -0.3 is 24.4 Å². The SMILES string of the molecule is COC/C(C)=C/C[C@@H]1CN(c2ncc(C#N)c3cc(OC)c(OC)cc23)CCN1. The number of pyridine rings is 1. The summed E-state index contributed by atoms with van der Waals surface area (Å²) in [5, 5.41) is 14.8. The molecule has 1 fully saturated rings. The Morgan fingerprint density at radius 3 is 2.66 bits per heavy atom. The monoisotopic (exact) mass is 396 g/mol. The number of nitrogens with one attached hydrogen (secondary N) is 1. The maximum atomic E-state index is 9.53. The summed E-state index contributed by atoms with van der Waals surface area (Å²) in [7, 11) is 4.92. The molecule has 0 amide bonds. The number of piperazine rings is 1. The molecule has 2 heterocycles. The highest BCUT2D eigenvalue weighted by Crippen LogP contribution is 2.37. The highest BCUT2D eigenvalue weighted by Gasteiger charge is 2.23. The van der Waals surface area contributed by atoms with Crippen LogP contribution in [0.4, 0.5) is 5.82 Å². The van der Waals surface area contributed by atoms with Crippen molar-refractivity contribution in [2.24, 2.45) is 0 Å². The highest BCUT2D eigenvalue weighted by atomic mass is 16.5. The molecule has 1 N–H and O–H groups in total. The van der Waals surface area contributed by atoms with E-state index in [4.69, 9.17) is 14.2 Å². The third-order valence-electron chi connectivity index (χ3n) is 5.17. The Morgan fingerprint density at radius 2 is 2.00 bits per heavy atom. The third kappa shape index (κ3) is 4.61. The van der Waals surface area contributed by atoms with Gasteiger partial charge in [0.05, 0.1) is 26.4 Å². The minimum Gasteiger partial charge on any atom is -0.493 e. The predicted octanol–water partition coefficient (Wildman–Crippen LogP) is 2.88. The van der Waals surface area contributed by atoms with Crippen LogP contribution >= 0.6 is 0 Å². The van der Waals surface area contributed by atoms with Crippen molar-refractivity contribution in [1.82, 2.24) is 10.3 Å². The van der Waals surface area contributed by atoms with Crippen molar-refractivity contribution in [2.75, 3.05) is 52.5 Å². The molecule has 1 atom stereocenters. The predicted molar refractivity (Wildman–Crippen MR) is 114 cm³/mol. The maximum absolute atomic E-state index is 9.53. The van der Waals surface area contributed by atoms with Crippen LogP contribution in [0.1, 0.15) is 18.9 Å². The van der Waals surface area contributed by atoms with Crippen LogP contribution in [0.15, 0.2) is 30.0 Å². The van der Waals surface area contributed by atoms with Crippen molar-refractivity contribution in [3.63, 3.8) is 0 Å². The molecule has 1 aromatic carbocycles. The molecule has 3 rings (SSSR count). The van der Waals surface area contributed by atoms with E-state index in [9.17, 15) is 5.26 Å². The molecule has 29 heavy (non-hydrogen) atoms. The number of rotatable bonds is 7. The van der Waals surface area contributed by atoms with Crippen LogP contribution in [0, 0.1) is 11.3 Å². The smallest absolute Gasteiger partial charge is 0.161 e. The van der Waals surface area contributed by atoms with Gasteiger partial charge in [0.1, 0.15) is 11.9 Å². The molecule has 0 unspecified atom stereocenters. The summed E-state index contributed by atoms with van der Waals surface area (Å²) in [6.07, 6.45) is 4.79. The quantitative estimate of drug-likeness (QED) is 0.721. The fraction of sp³-hybridized carbons (Fsp3) is 0.455. The molecule has 154 valence electrons. The molecule has 1 aliphatic rings. The van der Waals surface area contributed by atoms with Gasteiger partial charge in [-0.15, -0.1) is 0 Å². The van der Waals surface area contributed by atoms with E-state index < -0.39 is 0 Å². The van der Waals surface area contributed by atoms with Gasteiger partial charge in [-0.25, -0.2) is 4.98 Å².